The van der Waals surface area contributed by atoms with Crippen LogP contribution in [-0.4, -0.2) is 34.9 Å². The molecule has 5 heteroatoms. The molecule has 0 fully saturated rings. The zero-order chi connectivity index (χ0) is 18.4. The second-order valence-electron chi connectivity index (χ2n) is 6.48. The number of aliphatic hydroxyl groups is 1. The van der Waals surface area contributed by atoms with Gasteiger partial charge in [-0.25, -0.2) is 0 Å². The van der Waals surface area contributed by atoms with E-state index in [1.165, 1.54) is 0 Å². The molecule has 2 aromatic carbocycles. The van der Waals surface area contributed by atoms with Crippen LogP contribution in [0.3, 0.4) is 0 Å². The zero-order valence-corrected chi connectivity index (χ0v) is 16.1. The molecule has 0 aliphatic rings. The second-order valence-corrected chi connectivity index (χ2v) is 7.93. The van der Waals surface area contributed by atoms with Gasteiger partial charge in [-0.2, -0.15) is 0 Å². The minimum atomic E-state index is -1.24. The van der Waals surface area contributed by atoms with E-state index in [1.807, 2.05) is 49.4 Å². The number of methoxy groups -OCH3 is 2. The van der Waals surface area contributed by atoms with Gasteiger partial charge in [0.25, 0.3) is 0 Å². The Balaban J connectivity index is 2.03. The standard InChI is InChI=1S/C20H26O4S/c1-15-5-8-18(9-6-15)25(22)14-20(2,21)12-11-16-13-17(23-3)7-10-19(16)24-4/h5-10,13,21H,11-12,14H2,1-4H3/t20-,25?/m1/s1. The highest BCUT2D eigenvalue weighted by Crippen LogP contribution is 2.27. The molecule has 4 nitrogen and oxygen atoms in total. The van der Waals surface area contributed by atoms with E-state index in [2.05, 4.69) is 0 Å². The molecule has 0 amide bonds. The molecule has 2 atom stereocenters. The third-order valence-corrected chi connectivity index (χ3v) is 5.83. The van der Waals surface area contributed by atoms with E-state index in [-0.39, 0.29) is 5.75 Å². The summed E-state index contributed by atoms with van der Waals surface area (Å²) in [6.07, 6.45) is 1.09. The van der Waals surface area contributed by atoms with Crippen molar-refractivity contribution in [3.05, 3.63) is 53.6 Å². The van der Waals surface area contributed by atoms with Crippen molar-refractivity contribution in [2.24, 2.45) is 0 Å². The van der Waals surface area contributed by atoms with Crippen molar-refractivity contribution in [1.29, 1.82) is 0 Å². The number of hydrogen-bond acceptors (Lipinski definition) is 4. The molecule has 0 aliphatic heterocycles. The lowest BCUT2D eigenvalue weighted by Crippen LogP contribution is -2.32. The van der Waals surface area contributed by atoms with Crippen LogP contribution in [0.25, 0.3) is 0 Å². The van der Waals surface area contributed by atoms with Crippen molar-refractivity contribution in [3.8, 4) is 11.5 Å². The normalized spacial score (nSPS) is 14.6. The summed E-state index contributed by atoms with van der Waals surface area (Å²) in [6.45, 7) is 3.72. The van der Waals surface area contributed by atoms with E-state index in [0.717, 1.165) is 27.5 Å². The van der Waals surface area contributed by atoms with Gasteiger partial charge in [0.2, 0.25) is 0 Å². The van der Waals surface area contributed by atoms with E-state index in [9.17, 15) is 9.32 Å². The number of hydrogen-bond donors (Lipinski definition) is 1. The summed E-state index contributed by atoms with van der Waals surface area (Å²) >= 11 is 0. The average Bonchev–Trinajstić information content (AvgIpc) is 2.59. The number of ether oxygens (including phenoxy) is 2. The van der Waals surface area contributed by atoms with Crippen LogP contribution in [0.5, 0.6) is 11.5 Å². The van der Waals surface area contributed by atoms with Crippen LogP contribution < -0.4 is 9.47 Å². The molecule has 0 aliphatic carbocycles. The third-order valence-electron chi connectivity index (χ3n) is 4.15. The first kappa shape index (κ1) is 19.5. The first-order valence-electron chi connectivity index (χ1n) is 8.23. The number of aryl methyl sites for hydroxylation is 2. The Kier molecular flexibility index (Phi) is 6.62. The Morgan fingerprint density at radius 2 is 1.76 bits per heavy atom. The maximum Gasteiger partial charge on any atom is 0.122 e. The summed E-state index contributed by atoms with van der Waals surface area (Å²) in [6, 6.07) is 13.2. The molecule has 2 rings (SSSR count). The van der Waals surface area contributed by atoms with E-state index in [1.54, 1.807) is 21.1 Å². The summed E-state index contributed by atoms with van der Waals surface area (Å²) < 4.78 is 23.1. The van der Waals surface area contributed by atoms with Gasteiger partial charge in [-0.05, 0) is 62.6 Å². The molecule has 0 heterocycles. The Hall–Kier alpha value is -1.85. The summed E-state index contributed by atoms with van der Waals surface area (Å²) in [7, 11) is 2.00. The van der Waals surface area contributed by atoms with Gasteiger partial charge in [0, 0.05) is 4.90 Å². The van der Waals surface area contributed by atoms with Crippen LogP contribution in [0.2, 0.25) is 0 Å². The predicted octanol–water partition coefficient (Wildman–Crippen LogP) is 3.50. The Morgan fingerprint density at radius 3 is 2.36 bits per heavy atom. The van der Waals surface area contributed by atoms with Gasteiger partial charge < -0.3 is 14.6 Å². The molecule has 1 N–H and O–H groups in total. The van der Waals surface area contributed by atoms with E-state index in [4.69, 9.17) is 9.47 Å². The summed E-state index contributed by atoms with van der Waals surface area (Å²) in [5.41, 5.74) is 1.05. The highest BCUT2D eigenvalue weighted by molar-refractivity contribution is 7.85. The molecule has 136 valence electrons. The molecule has 0 saturated carbocycles. The van der Waals surface area contributed by atoms with Crippen molar-refractivity contribution in [3.63, 3.8) is 0 Å². The predicted molar refractivity (Wildman–Crippen MR) is 101 cm³/mol. The molecule has 0 aromatic heterocycles. The van der Waals surface area contributed by atoms with Crippen LogP contribution in [0.4, 0.5) is 0 Å². The first-order valence-corrected chi connectivity index (χ1v) is 9.55. The van der Waals surface area contributed by atoms with Crippen molar-refractivity contribution in [2.75, 3.05) is 20.0 Å². The van der Waals surface area contributed by atoms with Crippen LogP contribution >= 0.6 is 0 Å². The Bertz CT molecular complexity index is 723. The number of rotatable bonds is 8. The largest absolute Gasteiger partial charge is 0.497 e. The van der Waals surface area contributed by atoms with Crippen LogP contribution in [0.15, 0.2) is 47.4 Å². The van der Waals surface area contributed by atoms with E-state index < -0.39 is 16.4 Å². The lowest BCUT2D eigenvalue weighted by atomic mass is 9.98. The highest BCUT2D eigenvalue weighted by atomic mass is 32.2. The Labute approximate surface area is 152 Å². The topological polar surface area (TPSA) is 55.8 Å². The Morgan fingerprint density at radius 1 is 1.08 bits per heavy atom. The minimum Gasteiger partial charge on any atom is -0.497 e. The molecule has 0 spiro atoms. The summed E-state index contributed by atoms with van der Waals surface area (Å²) in [5, 5.41) is 10.7. The summed E-state index contributed by atoms with van der Waals surface area (Å²) in [4.78, 5) is 0.741. The molecule has 1 unspecified atom stereocenters. The first-order chi connectivity index (χ1) is 11.8. The van der Waals surface area contributed by atoms with Gasteiger partial charge in [0.05, 0.1) is 36.4 Å². The molecular formula is C20H26O4S. The monoisotopic (exact) mass is 362 g/mol. The SMILES string of the molecule is COc1ccc(OC)c(CC[C@@](C)(O)CS(=O)c2ccc(C)cc2)c1. The van der Waals surface area contributed by atoms with Gasteiger partial charge in [-0.1, -0.05) is 17.7 Å². The fourth-order valence-electron chi connectivity index (χ4n) is 2.61. The van der Waals surface area contributed by atoms with Gasteiger partial charge in [-0.15, -0.1) is 0 Å². The lowest BCUT2D eigenvalue weighted by Gasteiger charge is -2.23. The van der Waals surface area contributed by atoms with Crippen LogP contribution in [0, 0.1) is 6.92 Å². The molecular weight excluding hydrogens is 336 g/mol. The van der Waals surface area contributed by atoms with Crippen molar-refractivity contribution >= 4 is 10.8 Å². The fourth-order valence-corrected chi connectivity index (χ4v) is 3.92. The quantitative estimate of drug-likeness (QED) is 0.781. The maximum absolute atomic E-state index is 12.5. The van der Waals surface area contributed by atoms with Crippen molar-refractivity contribution < 1.29 is 18.8 Å². The third kappa shape index (κ3) is 5.58. The molecule has 0 radical (unpaired) electrons. The molecule has 0 saturated heterocycles. The highest BCUT2D eigenvalue weighted by Gasteiger charge is 2.25. The van der Waals surface area contributed by atoms with Gasteiger partial charge >= 0.3 is 0 Å². The maximum atomic E-state index is 12.5. The molecule has 25 heavy (non-hydrogen) atoms. The zero-order valence-electron chi connectivity index (χ0n) is 15.2. The van der Waals surface area contributed by atoms with Crippen molar-refractivity contribution in [1.82, 2.24) is 0 Å². The average molecular weight is 362 g/mol. The number of benzene rings is 2. The minimum absolute atomic E-state index is 0.197. The second kappa shape index (κ2) is 8.50. The van der Waals surface area contributed by atoms with Crippen LogP contribution in [-0.2, 0) is 17.2 Å². The van der Waals surface area contributed by atoms with E-state index in [0.29, 0.717) is 12.8 Å². The smallest absolute Gasteiger partial charge is 0.122 e. The van der Waals surface area contributed by atoms with Crippen molar-refractivity contribution in [2.45, 2.75) is 37.2 Å². The van der Waals surface area contributed by atoms with Gasteiger partial charge in [0.15, 0.2) is 0 Å². The molecule has 0 bridgehead atoms. The van der Waals surface area contributed by atoms with Gasteiger partial charge in [-0.3, -0.25) is 4.21 Å². The lowest BCUT2D eigenvalue weighted by molar-refractivity contribution is 0.0753. The van der Waals surface area contributed by atoms with Crippen LogP contribution in [0.1, 0.15) is 24.5 Å². The molecule has 2 aromatic rings. The van der Waals surface area contributed by atoms with E-state index >= 15 is 0 Å². The summed E-state index contributed by atoms with van der Waals surface area (Å²) in [5.74, 6) is 1.71. The fraction of sp³-hybridized carbons (Fsp3) is 0.400. The van der Waals surface area contributed by atoms with Gasteiger partial charge in [0.1, 0.15) is 11.5 Å².